The van der Waals surface area contributed by atoms with Gasteiger partial charge in [-0.1, -0.05) is 23.7 Å². The summed E-state index contributed by atoms with van der Waals surface area (Å²) in [6, 6.07) is 10.8. The van der Waals surface area contributed by atoms with Gasteiger partial charge in [0.05, 0.1) is 33.8 Å². The van der Waals surface area contributed by atoms with Crippen molar-refractivity contribution >= 4 is 44.6 Å². The van der Waals surface area contributed by atoms with Crippen LogP contribution in [-0.2, 0) is 9.84 Å². The van der Waals surface area contributed by atoms with Crippen molar-refractivity contribution in [2.75, 3.05) is 36.9 Å². The second-order valence-corrected chi connectivity index (χ2v) is 13.8. The van der Waals surface area contributed by atoms with Gasteiger partial charge in [0.2, 0.25) is 5.95 Å². The smallest absolute Gasteiger partial charge is 0.229 e. The minimum Gasteiger partial charge on any atom is -0.489 e. The van der Waals surface area contributed by atoms with E-state index >= 15 is 0 Å². The molecule has 1 aliphatic rings. The Morgan fingerprint density at radius 2 is 1.80 bits per heavy atom. The van der Waals surface area contributed by atoms with Gasteiger partial charge < -0.3 is 20.3 Å². The third-order valence-electron chi connectivity index (χ3n) is 7.22. The summed E-state index contributed by atoms with van der Waals surface area (Å²) in [7, 11) is -3.54. The van der Waals surface area contributed by atoms with E-state index in [4.69, 9.17) is 16.3 Å². The first kappa shape index (κ1) is 31.0. The van der Waals surface area contributed by atoms with Gasteiger partial charge in [0, 0.05) is 6.54 Å². The van der Waals surface area contributed by atoms with Crippen LogP contribution in [0.4, 0.5) is 27.5 Å². The number of nitrogens with zero attached hydrogens (tertiary/aromatic N) is 3. The van der Waals surface area contributed by atoms with Crippen molar-refractivity contribution in [2.45, 2.75) is 69.6 Å². The minimum atomic E-state index is -3.54. The van der Waals surface area contributed by atoms with Gasteiger partial charge in [0.1, 0.15) is 17.4 Å². The molecule has 8 nitrogen and oxygen atoms in total. The van der Waals surface area contributed by atoms with Gasteiger partial charge in [-0.15, -0.1) is 0 Å². The number of hydrogen-bond acceptors (Lipinski definition) is 8. The number of aryl methyl sites for hydroxylation is 1. The van der Waals surface area contributed by atoms with Crippen LogP contribution in [0.5, 0.6) is 5.75 Å². The van der Waals surface area contributed by atoms with Crippen molar-refractivity contribution in [2.24, 2.45) is 0 Å². The van der Waals surface area contributed by atoms with E-state index in [1.54, 1.807) is 38.1 Å². The highest BCUT2D eigenvalue weighted by Crippen LogP contribution is 2.38. The maximum Gasteiger partial charge on any atom is 0.229 e. The zero-order valence-corrected chi connectivity index (χ0v) is 25.8. The van der Waals surface area contributed by atoms with Crippen LogP contribution in [0.15, 0.2) is 47.5 Å². The molecule has 0 saturated carbocycles. The first-order chi connectivity index (χ1) is 19.5. The number of rotatable bonds is 11. The number of sulfone groups is 1. The molecule has 3 aromatic rings. The van der Waals surface area contributed by atoms with E-state index in [0.29, 0.717) is 29.6 Å². The van der Waals surface area contributed by atoms with Crippen molar-refractivity contribution in [1.82, 2.24) is 14.9 Å². The Balaban J connectivity index is 1.62. The summed E-state index contributed by atoms with van der Waals surface area (Å²) in [6.45, 7) is 11.3. The number of nitrogens with one attached hydrogen (secondary N) is 2. The molecular weight excluding hydrogens is 565 g/mol. The molecule has 0 bridgehead atoms. The van der Waals surface area contributed by atoms with Gasteiger partial charge >= 0.3 is 0 Å². The molecule has 0 unspecified atom stereocenters. The van der Waals surface area contributed by atoms with Crippen molar-refractivity contribution < 1.29 is 17.5 Å². The Kier molecular flexibility index (Phi) is 10.1. The summed E-state index contributed by atoms with van der Waals surface area (Å²) in [5, 5.41) is 6.03. The van der Waals surface area contributed by atoms with Crippen LogP contribution >= 0.6 is 11.6 Å². The molecule has 2 aromatic carbocycles. The molecule has 0 aliphatic carbocycles. The van der Waals surface area contributed by atoms with Gasteiger partial charge in [0.15, 0.2) is 15.7 Å². The lowest BCUT2D eigenvalue weighted by molar-refractivity contribution is 0.196. The summed E-state index contributed by atoms with van der Waals surface area (Å²) >= 11 is 6.43. The topological polar surface area (TPSA) is 96.5 Å². The SMILES string of the molecule is Cc1cc(Nc2ncc(Cl)c(Nc3ccccc3S(=O)(=O)C(C)C)n2)c(OC(C)C)cc1C1CCN(CCF)CC1. The standard InChI is InChI=1S/C30H39ClFN5O3S/c1-19(2)40-27-17-23(22-10-13-37(14-11-22)15-12-32)21(5)16-26(27)35-30-33-18-24(31)29(36-30)34-25-8-6-7-9-28(25)41(38,39)20(3)4/h6-9,16-20,22H,10-15H2,1-5H3,(H2,33,34,35,36). The maximum absolute atomic E-state index is 12.9. The van der Waals surface area contributed by atoms with Crippen LogP contribution in [-0.4, -0.2) is 60.9 Å². The van der Waals surface area contributed by atoms with E-state index in [2.05, 4.69) is 38.5 Å². The van der Waals surface area contributed by atoms with Gasteiger partial charge in [-0.25, -0.2) is 17.8 Å². The lowest BCUT2D eigenvalue weighted by Crippen LogP contribution is -2.34. The van der Waals surface area contributed by atoms with E-state index in [1.807, 2.05) is 19.9 Å². The molecule has 0 spiro atoms. The largest absolute Gasteiger partial charge is 0.489 e. The molecule has 1 fully saturated rings. The zero-order chi connectivity index (χ0) is 29.7. The summed E-state index contributed by atoms with van der Waals surface area (Å²) in [5.74, 6) is 1.61. The number of likely N-dealkylation sites (tertiary alicyclic amines) is 1. The van der Waals surface area contributed by atoms with Crippen LogP contribution in [0.2, 0.25) is 5.02 Å². The quantitative estimate of drug-likeness (QED) is 0.241. The molecular formula is C30H39ClFN5O3S. The molecule has 2 N–H and O–H groups in total. The molecule has 4 rings (SSSR count). The van der Waals surface area contributed by atoms with E-state index in [9.17, 15) is 12.8 Å². The molecule has 2 heterocycles. The zero-order valence-electron chi connectivity index (χ0n) is 24.2. The number of hydrogen-bond donors (Lipinski definition) is 2. The average Bonchev–Trinajstić information content (AvgIpc) is 2.92. The molecule has 11 heteroatoms. The molecule has 0 atom stereocenters. The molecule has 0 amide bonds. The maximum atomic E-state index is 12.9. The highest BCUT2D eigenvalue weighted by molar-refractivity contribution is 7.92. The lowest BCUT2D eigenvalue weighted by atomic mass is 9.86. The number of benzene rings is 2. The number of alkyl halides is 1. The monoisotopic (exact) mass is 603 g/mol. The number of piperidine rings is 1. The summed E-state index contributed by atoms with van der Waals surface area (Å²) in [5.41, 5.74) is 3.45. The van der Waals surface area contributed by atoms with E-state index in [0.717, 1.165) is 31.5 Å². The Labute approximate surface area is 247 Å². The number of aromatic nitrogens is 2. The fraction of sp³-hybridized carbons (Fsp3) is 0.467. The molecule has 1 aromatic heterocycles. The summed E-state index contributed by atoms with van der Waals surface area (Å²) in [6.07, 6.45) is 3.35. The van der Waals surface area contributed by atoms with E-state index in [-0.39, 0.29) is 34.5 Å². The Hall–Kier alpha value is -2.95. The van der Waals surface area contributed by atoms with E-state index in [1.165, 1.54) is 11.8 Å². The lowest BCUT2D eigenvalue weighted by Gasteiger charge is -2.32. The van der Waals surface area contributed by atoms with Crippen molar-refractivity contribution in [3.63, 3.8) is 0 Å². The molecule has 1 aliphatic heterocycles. The highest BCUT2D eigenvalue weighted by Gasteiger charge is 2.25. The Bertz CT molecular complexity index is 1460. The molecule has 1 saturated heterocycles. The minimum absolute atomic E-state index is 0.0553. The average molecular weight is 604 g/mol. The number of ether oxygens (including phenoxy) is 1. The Morgan fingerprint density at radius 3 is 2.46 bits per heavy atom. The number of halogens is 2. The van der Waals surface area contributed by atoms with Gasteiger partial charge in [-0.05, 0) is 102 Å². The van der Waals surface area contributed by atoms with Gasteiger partial charge in [-0.3, -0.25) is 0 Å². The fourth-order valence-corrected chi connectivity index (χ4v) is 6.35. The van der Waals surface area contributed by atoms with Crippen molar-refractivity contribution in [3.05, 3.63) is 58.7 Å². The van der Waals surface area contributed by atoms with Crippen molar-refractivity contribution in [1.29, 1.82) is 0 Å². The predicted molar refractivity (Wildman–Crippen MR) is 164 cm³/mol. The van der Waals surface area contributed by atoms with Gasteiger partial charge in [-0.2, -0.15) is 4.98 Å². The van der Waals surface area contributed by atoms with Gasteiger partial charge in [0.25, 0.3) is 0 Å². The highest BCUT2D eigenvalue weighted by atomic mass is 35.5. The number of anilines is 4. The van der Waals surface area contributed by atoms with Crippen LogP contribution < -0.4 is 15.4 Å². The molecule has 41 heavy (non-hydrogen) atoms. The van der Waals surface area contributed by atoms with E-state index < -0.39 is 15.1 Å². The van der Waals surface area contributed by atoms with Crippen LogP contribution in [0.1, 0.15) is 57.6 Å². The second-order valence-electron chi connectivity index (χ2n) is 10.9. The predicted octanol–water partition coefficient (Wildman–Crippen LogP) is 7.04. The molecule has 222 valence electrons. The normalized spacial score (nSPS) is 15.0. The van der Waals surface area contributed by atoms with Crippen LogP contribution in [0.25, 0.3) is 0 Å². The third-order valence-corrected chi connectivity index (χ3v) is 9.70. The second kappa shape index (κ2) is 13.4. The third kappa shape index (κ3) is 7.47. The fourth-order valence-electron chi connectivity index (χ4n) is 5.01. The first-order valence-electron chi connectivity index (χ1n) is 14.0. The first-order valence-corrected chi connectivity index (χ1v) is 15.9. The number of para-hydroxylation sites is 1. The van der Waals surface area contributed by atoms with Crippen LogP contribution in [0.3, 0.4) is 0 Å². The Morgan fingerprint density at radius 1 is 1.10 bits per heavy atom. The molecule has 0 radical (unpaired) electrons. The van der Waals surface area contributed by atoms with Crippen molar-refractivity contribution in [3.8, 4) is 5.75 Å². The summed E-state index contributed by atoms with van der Waals surface area (Å²) in [4.78, 5) is 11.3. The summed E-state index contributed by atoms with van der Waals surface area (Å²) < 4.78 is 44.9. The van der Waals surface area contributed by atoms with Crippen LogP contribution in [0, 0.1) is 6.92 Å².